The van der Waals surface area contributed by atoms with Gasteiger partial charge in [0.15, 0.2) is 0 Å². The largest absolute Gasteiger partial charge is 0.355 e. The van der Waals surface area contributed by atoms with E-state index < -0.39 is 0 Å². The highest BCUT2D eigenvalue weighted by molar-refractivity contribution is 5.79. The summed E-state index contributed by atoms with van der Waals surface area (Å²) in [7, 11) is 0. The van der Waals surface area contributed by atoms with Crippen molar-refractivity contribution in [2.75, 3.05) is 6.54 Å². The minimum Gasteiger partial charge on any atom is -0.355 e. The summed E-state index contributed by atoms with van der Waals surface area (Å²) in [5.74, 6) is 3.97. The Kier molecular flexibility index (Phi) is 3.50. The molecule has 4 bridgehead atoms. The quantitative estimate of drug-likeness (QED) is 0.879. The van der Waals surface area contributed by atoms with Crippen LogP contribution in [0.1, 0.15) is 56.9 Å². The van der Waals surface area contributed by atoms with Crippen molar-refractivity contribution in [2.45, 2.75) is 56.8 Å². The molecule has 0 heterocycles. The van der Waals surface area contributed by atoms with E-state index in [0.29, 0.717) is 23.7 Å². The van der Waals surface area contributed by atoms with E-state index in [-0.39, 0.29) is 5.41 Å². The smallest absolute Gasteiger partial charge is 0.223 e. The number of benzene rings is 1. The van der Waals surface area contributed by atoms with Crippen molar-refractivity contribution in [3.05, 3.63) is 35.9 Å². The Balaban J connectivity index is 1.28. The molecule has 0 saturated heterocycles. The predicted octanol–water partition coefficient (Wildman–Crippen LogP) is 4.30. The number of hydrogen-bond donors (Lipinski definition) is 1. The van der Waals surface area contributed by atoms with Gasteiger partial charge < -0.3 is 5.32 Å². The van der Waals surface area contributed by atoms with Gasteiger partial charge in [0, 0.05) is 17.9 Å². The molecule has 2 heteroatoms. The van der Waals surface area contributed by atoms with Gasteiger partial charge in [-0.2, -0.15) is 0 Å². The van der Waals surface area contributed by atoms with Crippen LogP contribution in [0.3, 0.4) is 0 Å². The van der Waals surface area contributed by atoms with Gasteiger partial charge in [0.2, 0.25) is 5.91 Å². The van der Waals surface area contributed by atoms with Crippen molar-refractivity contribution >= 4 is 5.91 Å². The fraction of sp³-hybridized carbons (Fsp3) is 0.682. The topological polar surface area (TPSA) is 29.1 Å². The number of carbonyl (C=O) groups is 1. The lowest BCUT2D eigenvalue weighted by molar-refractivity contribution is -0.138. The van der Waals surface area contributed by atoms with Gasteiger partial charge in [-0.25, -0.2) is 0 Å². The van der Waals surface area contributed by atoms with Gasteiger partial charge in [0.25, 0.3) is 0 Å². The second-order valence-corrected chi connectivity index (χ2v) is 9.17. The summed E-state index contributed by atoms with van der Waals surface area (Å²) >= 11 is 0. The fourth-order valence-electron chi connectivity index (χ4n) is 6.69. The summed E-state index contributed by atoms with van der Waals surface area (Å²) < 4.78 is 0. The Morgan fingerprint density at radius 1 is 0.958 bits per heavy atom. The Labute approximate surface area is 145 Å². The third-order valence-electron chi connectivity index (χ3n) is 7.83. The molecule has 0 radical (unpaired) electrons. The van der Waals surface area contributed by atoms with E-state index in [4.69, 9.17) is 0 Å². The van der Waals surface area contributed by atoms with Crippen LogP contribution in [0.2, 0.25) is 0 Å². The molecule has 0 aromatic heterocycles. The van der Waals surface area contributed by atoms with Crippen LogP contribution in [0.15, 0.2) is 30.3 Å². The summed E-state index contributed by atoms with van der Waals surface area (Å²) in [5.41, 5.74) is 1.63. The molecule has 0 spiro atoms. The van der Waals surface area contributed by atoms with E-state index >= 15 is 0 Å². The molecule has 24 heavy (non-hydrogen) atoms. The van der Waals surface area contributed by atoms with Crippen molar-refractivity contribution in [1.82, 2.24) is 5.32 Å². The number of carbonyl (C=O) groups excluding carboxylic acids is 1. The van der Waals surface area contributed by atoms with Crippen LogP contribution in [-0.4, -0.2) is 12.5 Å². The Morgan fingerprint density at radius 3 is 2.12 bits per heavy atom. The van der Waals surface area contributed by atoms with Crippen molar-refractivity contribution in [3.63, 3.8) is 0 Å². The van der Waals surface area contributed by atoms with Gasteiger partial charge in [-0.05, 0) is 74.2 Å². The zero-order valence-corrected chi connectivity index (χ0v) is 14.5. The molecule has 0 unspecified atom stereocenters. The zero-order valence-electron chi connectivity index (χ0n) is 14.5. The zero-order chi connectivity index (χ0) is 16.1. The summed E-state index contributed by atoms with van der Waals surface area (Å²) in [4.78, 5) is 13.0. The first-order chi connectivity index (χ1) is 11.7. The van der Waals surface area contributed by atoms with E-state index in [0.717, 1.165) is 18.4 Å². The van der Waals surface area contributed by atoms with E-state index in [1.807, 2.05) is 0 Å². The molecule has 5 aliphatic rings. The van der Waals surface area contributed by atoms with Crippen molar-refractivity contribution in [2.24, 2.45) is 29.6 Å². The summed E-state index contributed by atoms with van der Waals surface area (Å²) in [6.45, 7) is 0.846. The predicted molar refractivity (Wildman–Crippen MR) is 95.5 cm³/mol. The molecular weight excluding hydrogens is 294 g/mol. The van der Waals surface area contributed by atoms with Crippen LogP contribution >= 0.6 is 0 Å². The summed E-state index contributed by atoms with van der Waals surface area (Å²) in [6, 6.07) is 10.8. The lowest BCUT2D eigenvalue weighted by Crippen LogP contribution is -2.53. The maximum absolute atomic E-state index is 13.0. The average molecular weight is 323 g/mol. The third kappa shape index (κ3) is 2.33. The lowest BCUT2D eigenvalue weighted by atomic mass is 9.51. The van der Waals surface area contributed by atoms with Gasteiger partial charge >= 0.3 is 0 Å². The molecule has 1 aromatic rings. The first-order valence-electron chi connectivity index (χ1n) is 10.1. The maximum atomic E-state index is 13.0. The van der Waals surface area contributed by atoms with Crippen molar-refractivity contribution in [3.8, 4) is 0 Å². The molecule has 6 rings (SSSR count). The monoisotopic (exact) mass is 323 g/mol. The van der Waals surface area contributed by atoms with E-state index in [1.165, 1.54) is 56.9 Å². The number of hydrogen-bond acceptors (Lipinski definition) is 1. The molecule has 1 amide bonds. The summed E-state index contributed by atoms with van der Waals surface area (Å²) in [6.07, 6.45) is 10.5. The van der Waals surface area contributed by atoms with E-state index in [2.05, 4.69) is 35.6 Å². The van der Waals surface area contributed by atoms with Gasteiger partial charge in [-0.3, -0.25) is 4.79 Å². The molecule has 5 fully saturated rings. The molecule has 0 aliphatic heterocycles. The third-order valence-corrected chi connectivity index (χ3v) is 7.83. The fourth-order valence-corrected chi connectivity index (χ4v) is 6.69. The molecular formula is C22H29NO. The number of rotatable bonds is 4. The Bertz CT molecular complexity index is 590. The van der Waals surface area contributed by atoms with E-state index in [1.54, 1.807) is 0 Å². The first kappa shape index (κ1) is 15.0. The lowest BCUT2D eigenvalue weighted by Gasteiger charge is -2.54. The van der Waals surface area contributed by atoms with Crippen LogP contribution in [0.25, 0.3) is 0 Å². The normalized spacial score (nSPS) is 38.6. The molecule has 2 nitrogen and oxygen atoms in total. The highest BCUT2D eigenvalue weighted by atomic mass is 16.1. The van der Waals surface area contributed by atoms with Crippen LogP contribution in [0.5, 0.6) is 0 Å². The molecule has 0 atom stereocenters. The second-order valence-electron chi connectivity index (χ2n) is 9.17. The SMILES string of the molecule is O=C(NCC1(c2ccccc2)CCC1)C1C2CC3CC(C2)CC1C3. The van der Waals surface area contributed by atoms with Crippen LogP contribution in [0, 0.1) is 29.6 Å². The molecule has 1 N–H and O–H groups in total. The van der Waals surface area contributed by atoms with Crippen LogP contribution < -0.4 is 5.32 Å². The van der Waals surface area contributed by atoms with E-state index in [9.17, 15) is 4.79 Å². The van der Waals surface area contributed by atoms with Crippen molar-refractivity contribution in [1.29, 1.82) is 0 Å². The van der Waals surface area contributed by atoms with Gasteiger partial charge in [0.1, 0.15) is 0 Å². The number of nitrogens with one attached hydrogen (secondary N) is 1. The maximum Gasteiger partial charge on any atom is 0.223 e. The van der Waals surface area contributed by atoms with Crippen molar-refractivity contribution < 1.29 is 4.79 Å². The highest BCUT2D eigenvalue weighted by Crippen LogP contribution is 2.56. The minimum absolute atomic E-state index is 0.211. The average Bonchev–Trinajstić information content (AvgIpc) is 2.54. The second kappa shape index (κ2) is 5.61. The molecule has 128 valence electrons. The van der Waals surface area contributed by atoms with Gasteiger partial charge in [0.05, 0.1) is 0 Å². The van der Waals surface area contributed by atoms with Gasteiger partial charge in [-0.1, -0.05) is 36.8 Å². The van der Waals surface area contributed by atoms with Crippen LogP contribution in [-0.2, 0) is 10.2 Å². The highest BCUT2D eigenvalue weighted by Gasteiger charge is 2.51. The first-order valence-corrected chi connectivity index (χ1v) is 10.1. The van der Waals surface area contributed by atoms with Gasteiger partial charge in [-0.15, -0.1) is 0 Å². The Morgan fingerprint density at radius 2 is 1.58 bits per heavy atom. The van der Waals surface area contributed by atoms with Crippen LogP contribution in [0.4, 0.5) is 0 Å². The standard InChI is InChI=1S/C22H29NO/c24-21(20-17-10-15-9-16(12-17)13-18(20)11-15)23-14-22(7-4-8-22)19-5-2-1-3-6-19/h1-3,5-6,15-18,20H,4,7-14H2,(H,23,24). The summed E-state index contributed by atoms with van der Waals surface area (Å²) in [5, 5.41) is 3.41. The minimum atomic E-state index is 0.211. The molecule has 5 saturated carbocycles. The molecule has 5 aliphatic carbocycles. The molecule has 1 aromatic carbocycles. The number of amides is 1. The Hall–Kier alpha value is -1.31.